The third kappa shape index (κ3) is 3.28. The van der Waals surface area contributed by atoms with Crippen molar-refractivity contribution >= 4 is 17.9 Å². The summed E-state index contributed by atoms with van der Waals surface area (Å²) < 4.78 is 0. The van der Waals surface area contributed by atoms with Crippen molar-refractivity contribution in [2.75, 3.05) is 6.54 Å². The molecule has 21 heavy (non-hydrogen) atoms. The standard InChI is InChI=1S/C14H23N3O4/c1-3-15-12(18)7(2)16-14(21)17-11-9-5-4-8(6-9)10(11)13(19)20/h7-11H,3-6H2,1-2H3,(H,15,18)(H,19,20)(H2,16,17,21). The molecule has 0 aromatic rings. The Morgan fingerprint density at radius 1 is 1.24 bits per heavy atom. The molecule has 0 aliphatic heterocycles. The highest BCUT2D eigenvalue weighted by Gasteiger charge is 2.51. The summed E-state index contributed by atoms with van der Waals surface area (Å²) in [7, 11) is 0. The van der Waals surface area contributed by atoms with Gasteiger partial charge in [0.15, 0.2) is 0 Å². The van der Waals surface area contributed by atoms with E-state index >= 15 is 0 Å². The van der Waals surface area contributed by atoms with Gasteiger partial charge in [-0.15, -0.1) is 0 Å². The van der Waals surface area contributed by atoms with Crippen LogP contribution in [0.5, 0.6) is 0 Å². The van der Waals surface area contributed by atoms with Gasteiger partial charge in [-0.2, -0.15) is 0 Å². The highest BCUT2D eigenvalue weighted by atomic mass is 16.4. The summed E-state index contributed by atoms with van der Waals surface area (Å²) in [4.78, 5) is 34.9. The van der Waals surface area contributed by atoms with Crippen molar-refractivity contribution in [3.63, 3.8) is 0 Å². The molecule has 118 valence electrons. The molecular weight excluding hydrogens is 274 g/mol. The van der Waals surface area contributed by atoms with Crippen molar-refractivity contribution in [3.05, 3.63) is 0 Å². The molecule has 0 heterocycles. The number of aliphatic carboxylic acids is 1. The van der Waals surface area contributed by atoms with Crippen molar-refractivity contribution < 1.29 is 19.5 Å². The molecule has 4 N–H and O–H groups in total. The fourth-order valence-electron chi connectivity index (χ4n) is 3.64. The lowest BCUT2D eigenvalue weighted by molar-refractivity contribution is -0.144. The van der Waals surface area contributed by atoms with E-state index in [-0.39, 0.29) is 23.8 Å². The molecule has 0 spiro atoms. The molecule has 0 aromatic carbocycles. The van der Waals surface area contributed by atoms with Gasteiger partial charge in [-0.3, -0.25) is 9.59 Å². The highest BCUT2D eigenvalue weighted by Crippen LogP contribution is 2.48. The van der Waals surface area contributed by atoms with Crippen LogP contribution in [0.15, 0.2) is 0 Å². The lowest BCUT2D eigenvalue weighted by Gasteiger charge is -2.29. The van der Waals surface area contributed by atoms with Gasteiger partial charge in [-0.1, -0.05) is 0 Å². The van der Waals surface area contributed by atoms with Crippen LogP contribution in [0.3, 0.4) is 0 Å². The fraction of sp³-hybridized carbons (Fsp3) is 0.786. The third-order valence-corrected chi connectivity index (χ3v) is 4.59. The van der Waals surface area contributed by atoms with Crippen LogP contribution in [0, 0.1) is 17.8 Å². The summed E-state index contributed by atoms with van der Waals surface area (Å²) in [6.07, 6.45) is 2.76. The first kappa shape index (κ1) is 15.6. The van der Waals surface area contributed by atoms with Crippen molar-refractivity contribution in [1.29, 1.82) is 0 Å². The molecular formula is C14H23N3O4. The second kappa shape index (κ2) is 6.32. The summed E-state index contributed by atoms with van der Waals surface area (Å²) in [6, 6.07) is -1.45. The quantitative estimate of drug-likeness (QED) is 0.585. The van der Waals surface area contributed by atoms with E-state index in [9.17, 15) is 19.5 Å². The predicted molar refractivity (Wildman–Crippen MR) is 75.6 cm³/mol. The molecule has 0 radical (unpaired) electrons. The summed E-state index contributed by atoms with van der Waals surface area (Å²) in [6.45, 7) is 3.90. The first-order valence-electron chi connectivity index (χ1n) is 7.51. The normalized spacial score (nSPS) is 31.5. The number of amides is 3. The number of carbonyl (C=O) groups excluding carboxylic acids is 2. The maximum Gasteiger partial charge on any atom is 0.315 e. The monoisotopic (exact) mass is 297 g/mol. The second-order valence-electron chi connectivity index (χ2n) is 5.96. The summed E-state index contributed by atoms with van der Waals surface area (Å²) >= 11 is 0. The van der Waals surface area contributed by atoms with Crippen molar-refractivity contribution in [3.8, 4) is 0 Å². The molecule has 2 fully saturated rings. The second-order valence-corrected chi connectivity index (χ2v) is 5.96. The lowest BCUT2D eigenvalue weighted by atomic mass is 9.84. The maximum atomic E-state index is 12.0. The van der Waals surface area contributed by atoms with Gasteiger partial charge in [-0.05, 0) is 44.9 Å². The molecule has 3 amide bonds. The SMILES string of the molecule is CCNC(=O)C(C)NC(=O)NC1C2CCC(C2)C1C(=O)O. The van der Waals surface area contributed by atoms with Crippen molar-refractivity contribution in [1.82, 2.24) is 16.0 Å². The first-order valence-corrected chi connectivity index (χ1v) is 7.51. The van der Waals surface area contributed by atoms with Gasteiger partial charge in [0, 0.05) is 12.6 Å². The Morgan fingerprint density at radius 2 is 1.90 bits per heavy atom. The zero-order valence-corrected chi connectivity index (χ0v) is 12.4. The molecule has 2 aliphatic carbocycles. The van der Waals surface area contributed by atoms with E-state index < -0.39 is 24.0 Å². The van der Waals surface area contributed by atoms with Crippen LogP contribution in [-0.2, 0) is 9.59 Å². The average molecular weight is 297 g/mol. The minimum absolute atomic E-state index is 0.165. The van der Waals surface area contributed by atoms with Gasteiger partial charge in [-0.25, -0.2) is 4.79 Å². The average Bonchev–Trinajstić information content (AvgIpc) is 2.99. The Kier molecular flexibility index (Phi) is 4.69. The van der Waals surface area contributed by atoms with E-state index in [0.717, 1.165) is 19.3 Å². The van der Waals surface area contributed by atoms with Crippen LogP contribution < -0.4 is 16.0 Å². The van der Waals surface area contributed by atoms with Gasteiger partial charge in [0.05, 0.1) is 5.92 Å². The van der Waals surface area contributed by atoms with Crippen LogP contribution in [0.2, 0.25) is 0 Å². The van der Waals surface area contributed by atoms with Crippen LogP contribution in [0.1, 0.15) is 33.1 Å². The maximum absolute atomic E-state index is 12.0. The Balaban J connectivity index is 1.90. The van der Waals surface area contributed by atoms with E-state index in [2.05, 4.69) is 16.0 Å². The van der Waals surface area contributed by atoms with Gasteiger partial charge >= 0.3 is 12.0 Å². The number of carbonyl (C=O) groups is 3. The lowest BCUT2D eigenvalue weighted by Crippen LogP contribution is -2.54. The topological polar surface area (TPSA) is 108 Å². The van der Waals surface area contributed by atoms with Crippen LogP contribution in [-0.4, -0.2) is 41.6 Å². The Labute approximate surface area is 123 Å². The fourth-order valence-corrected chi connectivity index (χ4v) is 3.64. The third-order valence-electron chi connectivity index (χ3n) is 4.59. The molecule has 0 saturated heterocycles. The Hall–Kier alpha value is -1.79. The number of urea groups is 1. The first-order chi connectivity index (χ1) is 9.93. The van der Waals surface area contributed by atoms with Crippen LogP contribution in [0.4, 0.5) is 4.79 Å². The number of nitrogens with one attached hydrogen (secondary N) is 3. The van der Waals surface area contributed by atoms with Gasteiger partial charge in [0.1, 0.15) is 6.04 Å². The van der Waals surface area contributed by atoms with E-state index in [1.54, 1.807) is 13.8 Å². The minimum Gasteiger partial charge on any atom is -0.481 e. The Morgan fingerprint density at radius 3 is 2.52 bits per heavy atom. The molecule has 5 atom stereocenters. The number of carboxylic acids is 1. The number of hydrogen-bond acceptors (Lipinski definition) is 3. The summed E-state index contributed by atoms with van der Waals surface area (Å²) in [5, 5.41) is 17.3. The van der Waals surface area contributed by atoms with E-state index in [4.69, 9.17) is 0 Å². The number of hydrogen-bond donors (Lipinski definition) is 4. The van der Waals surface area contributed by atoms with E-state index in [1.165, 1.54) is 0 Å². The molecule has 5 unspecified atom stereocenters. The van der Waals surface area contributed by atoms with Gasteiger partial charge < -0.3 is 21.1 Å². The molecule has 2 bridgehead atoms. The summed E-state index contributed by atoms with van der Waals surface area (Å²) in [5.41, 5.74) is 0. The Bertz CT molecular complexity index is 440. The molecule has 7 nitrogen and oxygen atoms in total. The molecule has 2 aliphatic rings. The van der Waals surface area contributed by atoms with Gasteiger partial charge in [0.25, 0.3) is 0 Å². The number of carboxylic acid groups (broad SMARTS) is 1. The van der Waals surface area contributed by atoms with E-state index in [0.29, 0.717) is 6.54 Å². The predicted octanol–water partition coefficient (Wildman–Crippen LogP) is 0.310. The van der Waals surface area contributed by atoms with Crippen molar-refractivity contribution in [2.24, 2.45) is 17.8 Å². The smallest absolute Gasteiger partial charge is 0.315 e. The summed E-state index contributed by atoms with van der Waals surface area (Å²) in [5.74, 6) is -1.20. The number of likely N-dealkylation sites (N-methyl/N-ethyl adjacent to an activating group) is 1. The molecule has 2 rings (SSSR count). The molecule has 7 heteroatoms. The zero-order chi connectivity index (χ0) is 15.6. The van der Waals surface area contributed by atoms with Gasteiger partial charge in [0.2, 0.25) is 5.91 Å². The number of rotatable bonds is 5. The highest BCUT2D eigenvalue weighted by molar-refractivity contribution is 5.87. The zero-order valence-electron chi connectivity index (χ0n) is 12.4. The van der Waals surface area contributed by atoms with Crippen molar-refractivity contribution in [2.45, 2.75) is 45.2 Å². The van der Waals surface area contributed by atoms with Crippen LogP contribution >= 0.6 is 0 Å². The molecule has 2 saturated carbocycles. The van der Waals surface area contributed by atoms with Crippen LogP contribution in [0.25, 0.3) is 0 Å². The minimum atomic E-state index is -0.843. The van der Waals surface area contributed by atoms with E-state index in [1.807, 2.05) is 0 Å². The molecule has 0 aromatic heterocycles. The number of fused-ring (bicyclic) bond motifs is 2. The largest absolute Gasteiger partial charge is 0.481 e.